The monoisotopic (exact) mass is 720 g/mol. The number of thiophene rings is 2. The van der Waals surface area contributed by atoms with E-state index in [0.717, 1.165) is 50.1 Å². The maximum absolute atomic E-state index is 10.1. The fourth-order valence-corrected chi connectivity index (χ4v) is 10.0. The fraction of sp³-hybridized carbons (Fsp3) is 0. The van der Waals surface area contributed by atoms with E-state index >= 15 is 0 Å². The molecule has 0 radical (unpaired) electrons. The average Bonchev–Trinajstić information content (AvgIpc) is 3.81. The first-order valence-corrected chi connectivity index (χ1v) is 19.4. The van der Waals surface area contributed by atoms with Crippen LogP contribution in [0.5, 0.6) is 0 Å². The molecule has 8 aromatic carbocycles. The molecule has 250 valence electrons. The highest BCUT2D eigenvalue weighted by Gasteiger charge is 2.17. The first kappa shape index (κ1) is 31.9. The van der Waals surface area contributed by atoms with Crippen molar-refractivity contribution in [2.45, 2.75) is 0 Å². The minimum atomic E-state index is 0.607. The first-order valence-electron chi connectivity index (χ1n) is 17.8. The van der Waals surface area contributed by atoms with Crippen molar-refractivity contribution in [3.8, 4) is 67.8 Å². The molecule has 0 aliphatic rings. The van der Waals surface area contributed by atoms with Crippen LogP contribution in [-0.2, 0) is 0 Å². The van der Waals surface area contributed by atoms with E-state index in [2.05, 4.69) is 133 Å². The maximum atomic E-state index is 10.1. The summed E-state index contributed by atoms with van der Waals surface area (Å²) in [6, 6.07) is 64.5. The zero-order valence-corrected chi connectivity index (χ0v) is 30.5. The third kappa shape index (κ3) is 5.37. The first-order chi connectivity index (χ1) is 26.6. The average molecular weight is 721 g/mol. The largest absolute Gasteiger partial charge is 0.192 e. The minimum absolute atomic E-state index is 0.607. The lowest BCUT2D eigenvalue weighted by Crippen LogP contribution is -1.91. The zero-order chi connectivity index (χ0) is 36.2. The summed E-state index contributed by atoms with van der Waals surface area (Å²) in [4.78, 5) is 0. The Morgan fingerprint density at radius 1 is 0.315 bits per heavy atom. The lowest BCUT2D eigenvalue weighted by molar-refractivity contribution is 1.47. The van der Waals surface area contributed by atoms with Crippen LogP contribution in [0.2, 0.25) is 0 Å². The quantitative estimate of drug-likeness (QED) is 0.178. The van der Waals surface area contributed by atoms with Gasteiger partial charge in [-0.3, -0.25) is 0 Å². The molecule has 54 heavy (non-hydrogen) atoms. The van der Waals surface area contributed by atoms with Gasteiger partial charge in [0.15, 0.2) is 0 Å². The molecule has 4 heteroatoms. The Balaban J connectivity index is 1.26. The molecule has 0 atom stereocenters. The molecular weight excluding hydrogens is 693 g/mol. The molecule has 0 unspecified atom stereocenters. The lowest BCUT2D eigenvalue weighted by atomic mass is 9.88. The third-order valence-corrected chi connectivity index (χ3v) is 12.6. The highest BCUT2D eigenvalue weighted by Crippen LogP contribution is 2.44. The van der Waals surface area contributed by atoms with Gasteiger partial charge in [-0.15, -0.1) is 22.7 Å². The van der Waals surface area contributed by atoms with E-state index in [1.807, 2.05) is 71.2 Å². The van der Waals surface area contributed by atoms with E-state index in [9.17, 15) is 10.5 Å². The van der Waals surface area contributed by atoms with Gasteiger partial charge in [0.25, 0.3) is 0 Å². The standard InChI is InChI=1S/C50H28N2S2/c51-29-32-10-1-3-12-40(32)37-24-36(25-38(27-37)41-13-4-2-11-33(41)30-52)35-22-34(31-20-21-48-45(28-31)43-14-5-7-17-46(43)53-48)23-39(26-35)42-16-9-19-49-50(42)44-15-6-8-18-47(44)54-49/h1-28H. The van der Waals surface area contributed by atoms with Crippen molar-refractivity contribution in [1.29, 1.82) is 10.5 Å². The van der Waals surface area contributed by atoms with Crippen molar-refractivity contribution in [2.75, 3.05) is 0 Å². The van der Waals surface area contributed by atoms with Crippen LogP contribution in [-0.4, -0.2) is 0 Å². The Labute approximate surface area is 320 Å². The minimum Gasteiger partial charge on any atom is -0.192 e. The molecule has 0 spiro atoms. The SMILES string of the molecule is N#Cc1ccccc1-c1cc(-c2cc(-c3ccc4sc5ccccc5c4c3)cc(-c3cccc4sc5ccccc5c34)c2)cc(-c2ccccc2C#N)c1. The van der Waals surface area contributed by atoms with Crippen LogP contribution >= 0.6 is 22.7 Å². The Morgan fingerprint density at radius 3 is 1.43 bits per heavy atom. The summed E-state index contributed by atoms with van der Waals surface area (Å²) in [7, 11) is 0. The topological polar surface area (TPSA) is 47.6 Å². The molecule has 0 saturated carbocycles. The Morgan fingerprint density at radius 2 is 0.759 bits per heavy atom. The molecule has 0 saturated heterocycles. The molecule has 10 aromatic rings. The van der Waals surface area contributed by atoms with Crippen molar-refractivity contribution in [3.63, 3.8) is 0 Å². The van der Waals surface area contributed by atoms with Gasteiger partial charge in [-0.05, 0) is 134 Å². The van der Waals surface area contributed by atoms with Crippen molar-refractivity contribution in [3.05, 3.63) is 181 Å². The summed E-state index contributed by atoms with van der Waals surface area (Å²) in [5, 5.41) is 25.3. The number of hydrogen-bond acceptors (Lipinski definition) is 4. The van der Waals surface area contributed by atoms with Gasteiger partial charge < -0.3 is 0 Å². The van der Waals surface area contributed by atoms with Gasteiger partial charge in [0.2, 0.25) is 0 Å². The summed E-state index contributed by atoms with van der Waals surface area (Å²) in [6.07, 6.45) is 0. The second-order valence-electron chi connectivity index (χ2n) is 13.5. The molecule has 0 fully saturated rings. The predicted octanol–water partition coefficient (Wildman–Crippen LogP) is 14.5. The van der Waals surface area contributed by atoms with E-state index in [1.54, 1.807) is 0 Å². The van der Waals surface area contributed by atoms with Crippen molar-refractivity contribution in [1.82, 2.24) is 0 Å². The Kier molecular flexibility index (Phi) is 7.67. The van der Waals surface area contributed by atoms with E-state index in [0.29, 0.717) is 11.1 Å². The van der Waals surface area contributed by atoms with Crippen LogP contribution in [0.25, 0.3) is 96.0 Å². The van der Waals surface area contributed by atoms with Crippen LogP contribution in [0, 0.1) is 22.7 Å². The highest BCUT2D eigenvalue weighted by molar-refractivity contribution is 7.26. The highest BCUT2D eigenvalue weighted by atomic mass is 32.1. The molecule has 0 N–H and O–H groups in total. The summed E-state index contributed by atoms with van der Waals surface area (Å²) >= 11 is 3.66. The molecule has 0 bridgehead atoms. The fourth-order valence-electron chi connectivity index (χ4n) is 7.81. The second kappa shape index (κ2) is 13.0. The summed E-state index contributed by atoms with van der Waals surface area (Å²) in [5.41, 5.74) is 11.5. The van der Waals surface area contributed by atoms with Crippen LogP contribution in [0.1, 0.15) is 11.1 Å². The van der Waals surface area contributed by atoms with Gasteiger partial charge in [0, 0.05) is 40.3 Å². The molecule has 0 aliphatic carbocycles. The second-order valence-corrected chi connectivity index (χ2v) is 15.7. The molecule has 10 rings (SSSR count). The number of benzene rings is 8. The maximum Gasteiger partial charge on any atom is 0.0998 e. The molecular formula is C50H28N2S2. The van der Waals surface area contributed by atoms with Crippen LogP contribution in [0.3, 0.4) is 0 Å². The van der Waals surface area contributed by atoms with Crippen LogP contribution < -0.4 is 0 Å². The van der Waals surface area contributed by atoms with Gasteiger partial charge >= 0.3 is 0 Å². The number of rotatable bonds is 5. The number of fused-ring (bicyclic) bond motifs is 6. The number of nitriles is 2. The lowest BCUT2D eigenvalue weighted by Gasteiger charge is -2.16. The van der Waals surface area contributed by atoms with Crippen LogP contribution in [0.4, 0.5) is 0 Å². The molecule has 2 aromatic heterocycles. The van der Waals surface area contributed by atoms with Crippen LogP contribution in [0.15, 0.2) is 170 Å². The Hall–Kier alpha value is -6.82. The summed E-state index contributed by atoms with van der Waals surface area (Å²) in [6.45, 7) is 0. The van der Waals surface area contributed by atoms with Gasteiger partial charge in [0.1, 0.15) is 0 Å². The van der Waals surface area contributed by atoms with Crippen molar-refractivity contribution < 1.29 is 0 Å². The third-order valence-electron chi connectivity index (χ3n) is 10.3. The zero-order valence-electron chi connectivity index (χ0n) is 28.9. The molecule has 0 amide bonds. The predicted molar refractivity (Wildman–Crippen MR) is 229 cm³/mol. The number of nitrogens with zero attached hydrogens (tertiary/aromatic N) is 2. The van der Waals surface area contributed by atoms with Crippen molar-refractivity contribution in [2.24, 2.45) is 0 Å². The van der Waals surface area contributed by atoms with E-state index in [1.165, 1.54) is 45.9 Å². The van der Waals surface area contributed by atoms with Gasteiger partial charge in [-0.25, -0.2) is 0 Å². The van der Waals surface area contributed by atoms with E-state index in [-0.39, 0.29) is 0 Å². The number of hydrogen-bond donors (Lipinski definition) is 0. The smallest absolute Gasteiger partial charge is 0.0998 e. The van der Waals surface area contributed by atoms with Gasteiger partial charge in [-0.1, -0.05) is 91.0 Å². The summed E-state index contributed by atoms with van der Waals surface area (Å²) in [5.74, 6) is 0. The van der Waals surface area contributed by atoms with Gasteiger partial charge in [-0.2, -0.15) is 10.5 Å². The molecule has 0 aliphatic heterocycles. The van der Waals surface area contributed by atoms with E-state index < -0.39 is 0 Å². The normalized spacial score (nSPS) is 11.3. The van der Waals surface area contributed by atoms with Crippen molar-refractivity contribution >= 4 is 63.0 Å². The van der Waals surface area contributed by atoms with E-state index in [4.69, 9.17) is 0 Å². The summed E-state index contributed by atoms with van der Waals surface area (Å²) < 4.78 is 5.10. The Bertz CT molecular complexity index is 3130. The van der Waals surface area contributed by atoms with Gasteiger partial charge in [0.05, 0.1) is 23.3 Å². The molecule has 2 heterocycles. The molecule has 2 nitrogen and oxygen atoms in total.